The molecule has 9 nitrogen and oxygen atoms in total. The van der Waals surface area contributed by atoms with Crippen LogP contribution in [0.1, 0.15) is 17.4 Å². The maximum Gasteiger partial charge on any atom is 0.337 e. The van der Waals surface area contributed by atoms with E-state index in [4.69, 9.17) is 4.74 Å². The molecule has 0 bridgehead atoms. The predicted molar refractivity (Wildman–Crippen MR) is 115 cm³/mol. The van der Waals surface area contributed by atoms with Crippen molar-refractivity contribution >= 4 is 51.5 Å². The van der Waals surface area contributed by atoms with Gasteiger partial charge in [-0.3, -0.25) is 24.7 Å². The molecular weight excluding hydrogens is 442 g/mol. The van der Waals surface area contributed by atoms with Gasteiger partial charge in [-0.15, -0.1) is 11.3 Å². The number of benzene rings is 1. The van der Waals surface area contributed by atoms with Crippen LogP contribution in [0.4, 0.5) is 5.69 Å². The summed E-state index contributed by atoms with van der Waals surface area (Å²) in [5, 5.41) is 13.1. The van der Waals surface area contributed by atoms with E-state index in [0.29, 0.717) is 12.0 Å². The van der Waals surface area contributed by atoms with E-state index in [1.807, 2.05) is 17.5 Å². The number of carbonyl (C=O) groups is 3. The van der Waals surface area contributed by atoms with Crippen molar-refractivity contribution in [2.75, 3.05) is 0 Å². The molecule has 1 amide bonds. The molecular formula is C20H17N3O6S2. The van der Waals surface area contributed by atoms with Crippen molar-refractivity contribution in [1.82, 2.24) is 4.90 Å². The fourth-order valence-electron chi connectivity index (χ4n) is 3.38. The first kappa shape index (κ1) is 21.2. The fraction of sp³-hybridized carbons (Fsp3) is 0.300. The van der Waals surface area contributed by atoms with Crippen LogP contribution in [-0.4, -0.2) is 50.0 Å². The minimum absolute atomic E-state index is 0.0782. The molecule has 0 saturated carbocycles. The maximum atomic E-state index is 12.6. The first-order chi connectivity index (χ1) is 14.8. The summed E-state index contributed by atoms with van der Waals surface area (Å²) in [5.74, 6) is -1.69. The van der Waals surface area contributed by atoms with Crippen molar-refractivity contribution < 1.29 is 24.0 Å². The third kappa shape index (κ3) is 4.23. The third-order valence-corrected chi connectivity index (χ3v) is 7.04. The zero-order valence-electron chi connectivity index (χ0n) is 16.3. The average molecular weight is 460 g/mol. The number of ether oxygens (including phenoxy) is 1. The lowest BCUT2D eigenvalue weighted by Crippen LogP contribution is -2.67. The first-order valence-electron chi connectivity index (χ1n) is 9.33. The van der Waals surface area contributed by atoms with Crippen molar-refractivity contribution in [1.29, 1.82) is 0 Å². The number of rotatable bonds is 8. The largest absolute Gasteiger partial charge is 0.459 e. The van der Waals surface area contributed by atoms with Gasteiger partial charge in [0.05, 0.1) is 9.97 Å². The summed E-state index contributed by atoms with van der Waals surface area (Å²) in [7, 11) is 0. The normalized spacial score (nSPS) is 20.5. The highest BCUT2D eigenvalue weighted by Gasteiger charge is 2.57. The van der Waals surface area contributed by atoms with Crippen molar-refractivity contribution in [2.45, 2.75) is 37.4 Å². The van der Waals surface area contributed by atoms with Crippen LogP contribution in [0.15, 0.2) is 46.8 Å². The molecule has 3 unspecified atom stereocenters. The minimum atomic E-state index is -1.34. The molecule has 1 saturated heterocycles. The van der Waals surface area contributed by atoms with E-state index in [0.717, 1.165) is 9.92 Å². The second-order valence-electron chi connectivity index (χ2n) is 7.02. The molecule has 2 aromatic rings. The summed E-state index contributed by atoms with van der Waals surface area (Å²) in [5.41, 5.74) is 0.455. The fourth-order valence-corrected chi connectivity index (χ4v) is 5.52. The Hall–Kier alpha value is -3.05. The van der Waals surface area contributed by atoms with E-state index < -0.39 is 34.1 Å². The van der Waals surface area contributed by atoms with Gasteiger partial charge in [-0.05, 0) is 36.1 Å². The average Bonchev–Trinajstić information content (AvgIpc) is 3.38. The standard InChI is InChI=1S/C20H17N3O6S2/c1-11(24)17(20(26)29-10-12-4-6-13(7-5-12)23(27)28)22-18(25)16-19(22)31-15(21-16)9-14-3-2-8-30-14/h2-8,16-17,19H,9-10H2,1H3. The van der Waals surface area contributed by atoms with E-state index >= 15 is 0 Å². The molecule has 4 rings (SSSR count). The number of carbonyl (C=O) groups excluding carboxylic acids is 3. The van der Waals surface area contributed by atoms with Crippen molar-refractivity contribution in [2.24, 2.45) is 4.99 Å². The third-order valence-electron chi connectivity index (χ3n) is 4.91. The highest BCUT2D eigenvalue weighted by Crippen LogP contribution is 2.41. The van der Waals surface area contributed by atoms with Gasteiger partial charge in [-0.1, -0.05) is 17.8 Å². The monoisotopic (exact) mass is 459 g/mol. The Balaban J connectivity index is 1.40. The molecule has 160 valence electrons. The second-order valence-corrected chi connectivity index (χ2v) is 9.24. The number of nitro groups is 1. The van der Waals surface area contributed by atoms with Crippen LogP contribution in [0.5, 0.6) is 0 Å². The zero-order chi connectivity index (χ0) is 22.1. The number of hydrogen-bond donors (Lipinski definition) is 0. The molecule has 11 heteroatoms. The number of fused-ring (bicyclic) bond motifs is 1. The number of Topliss-reactive ketones (excluding diaryl/α,β-unsaturated/α-hetero) is 1. The lowest BCUT2D eigenvalue weighted by Gasteiger charge is -2.44. The number of ketones is 1. The number of non-ortho nitro benzene ring substituents is 1. The molecule has 3 atom stereocenters. The van der Waals surface area contributed by atoms with Crippen LogP contribution in [0.25, 0.3) is 0 Å². The van der Waals surface area contributed by atoms with Crippen LogP contribution in [0.2, 0.25) is 0 Å². The Kier molecular flexibility index (Phi) is 5.88. The zero-order valence-corrected chi connectivity index (χ0v) is 17.9. The molecule has 0 aliphatic carbocycles. The quantitative estimate of drug-likeness (QED) is 0.196. The number of thioether (sulfide) groups is 1. The topological polar surface area (TPSA) is 119 Å². The molecule has 3 heterocycles. The molecule has 1 fully saturated rings. The van der Waals surface area contributed by atoms with Gasteiger partial charge in [-0.25, -0.2) is 4.79 Å². The summed E-state index contributed by atoms with van der Waals surface area (Å²) in [6.07, 6.45) is 0.617. The molecule has 0 N–H and O–H groups in total. The minimum Gasteiger partial charge on any atom is -0.459 e. The number of hydrogen-bond acceptors (Lipinski definition) is 9. The highest BCUT2D eigenvalue weighted by atomic mass is 32.2. The number of thiophene rings is 1. The summed E-state index contributed by atoms with van der Waals surface area (Å²) in [4.78, 5) is 54.5. The molecule has 1 aromatic carbocycles. The van der Waals surface area contributed by atoms with E-state index in [2.05, 4.69) is 4.99 Å². The molecule has 2 aliphatic rings. The van der Waals surface area contributed by atoms with Gasteiger partial charge in [0.25, 0.3) is 11.6 Å². The van der Waals surface area contributed by atoms with E-state index in [1.165, 1.54) is 47.9 Å². The smallest absolute Gasteiger partial charge is 0.337 e. The summed E-state index contributed by atoms with van der Waals surface area (Å²) in [6, 6.07) is 7.56. The number of nitro benzene ring substituents is 1. The Morgan fingerprint density at radius 2 is 2.03 bits per heavy atom. The first-order valence-corrected chi connectivity index (χ1v) is 11.1. The molecule has 2 aliphatic heterocycles. The van der Waals surface area contributed by atoms with Crippen molar-refractivity contribution in [3.05, 3.63) is 62.3 Å². The number of likely N-dealkylation sites (tertiary alicyclic amines) is 1. The summed E-state index contributed by atoms with van der Waals surface area (Å²) >= 11 is 2.99. The Bertz CT molecular complexity index is 1070. The highest BCUT2D eigenvalue weighted by molar-refractivity contribution is 8.14. The lowest BCUT2D eigenvalue weighted by molar-refractivity contribution is -0.384. The van der Waals surface area contributed by atoms with Crippen LogP contribution < -0.4 is 0 Å². The van der Waals surface area contributed by atoms with Gasteiger partial charge in [0.2, 0.25) is 0 Å². The molecule has 0 radical (unpaired) electrons. The molecule has 1 aromatic heterocycles. The Labute approximate surface area is 185 Å². The SMILES string of the molecule is CC(=O)C(C(=O)OCc1ccc([N+](=O)[O-])cc1)N1C(=O)C2N=C(Cc3cccs3)SC21. The number of nitrogens with zero attached hydrogens (tertiary/aromatic N) is 3. The van der Waals surface area contributed by atoms with Crippen LogP contribution in [-0.2, 0) is 32.1 Å². The van der Waals surface area contributed by atoms with Crippen LogP contribution in [0, 0.1) is 10.1 Å². The number of aliphatic imine (C=N–C) groups is 1. The van der Waals surface area contributed by atoms with Gasteiger partial charge < -0.3 is 9.64 Å². The predicted octanol–water partition coefficient (Wildman–Crippen LogP) is 2.58. The van der Waals surface area contributed by atoms with Crippen LogP contribution in [0.3, 0.4) is 0 Å². The van der Waals surface area contributed by atoms with Crippen molar-refractivity contribution in [3.8, 4) is 0 Å². The van der Waals surface area contributed by atoms with E-state index in [9.17, 15) is 24.5 Å². The van der Waals surface area contributed by atoms with E-state index in [-0.39, 0.29) is 18.2 Å². The van der Waals surface area contributed by atoms with Gasteiger partial charge in [0.15, 0.2) is 17.9 Å². The van der Waals surface area contributed by atoms with Crippen LogP contribution >= 0.6 is 23.1 Å². The number of amides is 1. The number of esters is 1. The lowest BCUT2D eigenvalue weighted by atomic mass is 10.0. The van der Waals surface area contributed by atoms with E-state index in [1.54, 1.807) is 11.3 Å². The Morgan fingerprint density at radius 3 is 2.65 bits per heavy atom. The van der Waals surface area contributed by atoms with Crippen molar-refractivity contribution in [3.63, 3.8) is 0 Å². The Morgan fingerprint density at radius 1 is 1.29 bits per heavy atom. The molecule has 0 spiro atoms. The van der Waals surface area contributed by atoms with Gasteiger partial charge in [0.1, 0.15) is 12.0 Å². The second kappa shape index (κ2) is 8.60. The maximum absolute atomic E-state index is 12.6. The van der Waals surface area contributed by atoms with Gasteiger partial charge in [0, 0.05) is 23.4 Å². The summed E-state index contributed by atoms with van der Waals surface area (Å²) in [6.45, 7) is 1.08. The van der Waals surface area contributed by atoms with Gasteiger partial charge >= 0.3 is 5.97 Å². The molecule has 31 heavy (non-hydrogen) atoms. The van der Waals surface area contributed by atoms with Gasteiger partial charge in [-0.2, -0.15) is 0 Å². The number of β-lactam (4-membered cyclic amide) rings is 1. The summed E-state index contributed by atoms with van der Waals surface area (Å²) < 4.78 is 5.25.